The van der Waals surface area contributed by atoms with E-state index in [0.29, 0.717) is 27.9 Å². The summed E-state index contributed by atoms with van der Waals surface area (Å²) in [5, 5.41) is 12.9. The van der Waals surface area contributed by atoms with Crippen LogP contribution in [-0.4, -0.2) is 19.2 Å². The van der Waals surface area contributed by atoms with Crippen LogP contribution < -0.4 is 4.72 Å². The van der Waals surface area contributed by atoms with Gasteiger partial charge in [-0.1, -0.05) is 36.4 Å². The molecule has 28 heavy (non-hydrogen) atoms. The van der Waals surface area contributed by atoms with Gasteiger partial charge in [-0.05, 0) is 29.7 Å². The van der Waals surface area contributed by atoms with E-state index < -0.39 is 20.9 Å². The molecule has 0 aliphatic heterocycles. The molecule has 142 valence electrons. The quantitative estimate of drug-likeness (QED) is 0.397. The molecule has 0 saturated heterocycles. The molecule has 0 radical (unpaired) electrons. The highest BCUT2D eigenvalue weighted by atomic mass is 32.2. The van der Waals surface area contributed by atoms with Gasteiger partial charge in [0.1, 0.15) is 9.79 Å². The predicted molar refractivity (Wildman–Crippen MR) is 104 cm³/mol. The standard InChI is InChI=1S/C18H12N2O6S2/c1-10-12-7-6-11-4-2-3-5-13(11)17(12)26-16(10)18(21)19-28(24,25)15-9-8-14(27-15)20(22)23/h2-9H,1H3,(H,19,21). The van der Waals surface area contributed by atoms with Gasteiger partial charge in [-0.3, -0.25) is 14.9 Å². The number of nitrogens with zero attached hydrogens (tertiary/aromatic N) is 1. The lowest BCUT2D eigenvalue weighted by atomic mass is 10.1. The zero-order valence-corrected chi connectivity index (χ0v) is 16.0. The Balaban J connectivity index is 1.73. The normalized spacial score (nSPS) is 11.8. The van der Waals surface area contributed by atoms with Gasteiger partial charge in [-0.25, -0.2) is 13.1 Å². The molecule has 0 saturated carbocycles. The number of nitro groups is 1. The number of furan rings is 1. The first-order chi connectivity index (χ1) is 13.3. The molecule has 0 unspecified atom stereocenters. The third kappa shape index (κ3) is 2.92. The third-order valence-electron chi connectivity index (χ3n) is 4.27. The molecule has 4 aromatic rings. The molecule has 0 aliphatic rings. The number of amides is 1. The van der Waals surface area contributed by atoms with Crippen molar-refractivity contribution in [1.29, 1.82) is 0 Å². The second-order valence-electron chi connectivity index (χ2n) is 6.00. The van der Waals surface area contributed by atoms with Gasteiger partial charge < -0.3 is 4.42 Å². The molecule has 0 spiro atoms. The van der Waals surface area contributed by atoms with E-state index in [1.165, 1.54) is 0 Å². The Bertz CT molecular complexity index is 1370. The molecule has 0 aliphatic carbocycles. The topological polar surface area (TPSA) is 120 Å². The molecule has 0 atom stereocenters. The van der Waals surface area contributed by atoms with E-state index in [4.69, 9.17) is 4.42 Å². The number of benzene rings is 2. The zero-order chi connectivity index (χ0) is 20.1. The summed E-state index contributed by atoms with van der Waals surface area (Å²) in [6.45, 7) is 1.66. The lowest BCUT2D eigenvalue weighted by molar-refractivity contribution is -0.380. The molecule has 2 heterocycles. The molecule has 0 bridgehead atoms. The van der Waals surface area contributed by atoms with Crippen molar-refractivity contribution >= 4 is 54.0 Å². The fourth-order valence-corrected chi connectivity index (χ4v) is 4.99. The Labute approximate surface area is 162 Å². The second kappa shape index (κ2) is 6.43. The maximum Gasteiger partial charge on any atom is 0.325 e. The van der Waals surface area contributed by atoms with Crippen molar-refractivity contribution in [1.82, 2.24) is 4.72 Å². The summed E-state index contributed by atoms with van der Waals surface area (Å²) in [7, 11) is -4.26. The van der Waals surface area contributed by atoms with E-state index in [2.05, 4.69) is 0 Å². The van der Waals surface area contributed by atoms with Gasteiger partial charge >= 0.3 is 10.9 Å². The Kier molecular flexibility index (Phi) is 4.16. The van der Waals surface area contributed by atoms with Crippen LogP contribution >= 0.6 is 11.3 Å². The monoisotopic (exact) mass is 416 g/mol. The maximum atomic E-state index is 12.6. The summed E-state index contributed by atoms with van der Waals surface area (Å²) in [6, 6.07) is 13.3. The number of sulfonamides is 1. The summed E-state index contributed by atoms with van der Waals surface area (Å²) >= 11 is 0.464. The Morgan fingerprint density at radius 1 is 1.11 bits per heavy atom. The SMILES string of the molecule is Cc1c(C(=O)NS(=O)(=O)c2ccc([N+](=O)[O-])s2)oc2c1ccc1ccccc12. The van der Waals surface area contributed by atoms with E-state index in [-0.39, 0.29) is 15.0 Å². The number of rotatable bonds is 4. The highest BCUT2D eigenvalue weighted by Crippen LogP contribution is 2.32. The largest absolute Gasteiger partial charge is 0.450 e. The molecule has 2 aromatic carbocycles. The summed E-state index contributed by atoms with van der Waals surface area (Å²) in [6.07, 6.45) is 0. The van der Waals surface area contributed by atoms with Crippen molar-refractivity contribution < 1.29 is 22.6 Å². The summed E-state index contributed by atoms with van der Waals surface area (Å²) in [4.78, 5) is 22.6. The third-order valence-corrected chi connectivity index (χ3v) is 7.13. The van der Waals surface area contributed by atoms with Gasteiger partial charge in [0, 0.05) is 22.4 Å². The van der Waals surface area contributed by atoms with Crippen molar-refractivity contribution in [2.24, 2.45) is 0 Å². The van der Waals surface area contributed by atoms with E-state index in [0.717, 1.165) is 22.9 Å². The fourth-order valence-electron chi connectivity index (χ4n) is 2.94. The average Bonchev–Trinajstić information content (AvgIpc) is 3.27. The zero-order valence-electron chi connectivity index (χ0n) is 14.3. The van der Waals surface area contributed by atoms with Crippen LogP contribution in [0.1, 0.15) is 16.1 Å². The molecular weight excluding hydrogens is 404 g/mol. The van der Waals surface area contributed by atoms with Crippen LogP contribution in [0.4, 0.5) is 5.00 Å². The molecule has 8 nitrogen and oxygen atoms in total. The number of hydrogen-bond donors (Lipinski definition) is 1. The summed E-state index contributed by atoms with van der Waals surface area (Å²) in [5.41, 5.74) is 0.996. The molecule has 1 N–H and O–H groups in total. The minimum absolute atomic E-state index is 0.124. The highest BCUT2D eigenvalue weighted by Gasteiger charge is 2.27. The Morgan fingerprint density at radius 3 is 2.57 bits per heavy atom. The van der Waals surface area contributed by atoms with E-state index in [1.807, 2.05) is 41.1 Å². The Hall–Kier alpha value is -3.24. The second-order valence-corrected chi connectivity index (χ2v) is 8.98. The van der Waals surface area contributed by atoms with E-state index in [1.54, 1.807) is 6.92 Å². The number of hydrogen-bond acceptors (Lipinski definition) is 7. The van der Waals surface area contributed by atoms with Gasteiger partial charge in [0.05, 0.1) is 4.92 Å². The number of fused-ring (bicyclic) bond motifs is 3. The first kappa shape index (κ1) is 18.1. The summed E-state index contributed by atoms with van der Waals surface area (Å²) in [5.74, 6) is -1.06. The first-order valence-electron chi connectivity index (χ1n) is 8.00. The van der Waals surface area contributed by atoms with Crippen molar-refractivity contribution in [2.75, 3.05) is 0 Å². The van der Waals surface area contributed by atoms with Crippen molar-refractivity contribution in [3.05, 3.63) is 70.0 Å². The van der Waals surface area contributed by atoms with Crippen molar-refractivity contribution in [3.63, 3.8) is 0 Å². The first-order valence-corrected chi connectivity index (χ1v) is 10.3. The van der Waals surface area contributed by atoms with Gasteiger partial charge in [0.2, 0.25) is 0 Å². The highest BCUT2D eigenvalue weighted by molar-refractivity contribution is 7.92. The van der Waals surface area contributed by atoms with Crippen molar-refractivity contribution in [3.8, 4) is 0 Å². The van der Waals surface area contributed by atoms with Crippen LogP contribution in [0.2, 0.25) is 0 Å². The molecule has 4 rings (SSSR count). The Morgan fingerprint density at radius 2 is 1.86 bits per heavy atom. The van der Waals surface area contributed by atoms with Gasteiger partial charge in [-0.15, -0.1) is 0 Å². The summed E-state index contributed by atoms with van der Waals surface area (Å²) < 4.78 is 32.1. The average molecular weight is 416 g/mol. The lowest BCUT2D eigenvalue weighted by Gasteiger charge is -2.03. The van der Waals surface area contributed by atoms with Crippen LogP contribution in [-0.2, 0) is 10.0 Å². The molecular formula is C18H12N2O6S2. The maximum absolute atomic E-state index is 12.6. The number of nitrogens with one attached hydrogen (secondary N) is 1. The minimum Gasteiger partial charge on any atom is -0.450 e. The van der Waals surface area contributed by atoms with Crippen LogP contribution in [0.3, 0.4) is 0 Å². The van der Waals surface area contributed by atoms with Gasteiger partial charge in [-0.2, -0.15) is 0 Å². The van der Waals surface area contributed by atoms with E-state index in [9.17, 15) is 23.3 Å². The number of carbonyl (C=O) groups is 1. The lowest BCUT2D eigenvalue weighted by Crippen LogP contribution is -2.30. The smallest absolute Gasteiger partial charge is 0.325 e. The minimum atomic E-state index is -4.26. The van der Waals surface area contributed by atoms with Gasteiger partial charge in [0.15, 0.2) is 5.76 Å². The predicted octanol–water partition coefficient (Wildman–Crippen LogP) is 3.98. The molecule has 1 amide bonds. The van der Waals surface area contributed by atoms with Crippen LogP contribution in [0, 0.1) is 17.0 Å². The van der Waals surface area contributed by atoms with Crippen LogP contribution in [0.5, 0.6) is 0 Å². The number of aryl methyl sites for hydroxylation is 1. The van der Waals surface area contributed by atoms with Crippen LogP contribution in [0.25, 0.3) is 21.7 Å². The number of carbonyl (C=O) groups excluding carboxylic acids is 1. The van der Waals surface area contributed by atoms with E-state index >= 15 is 0 Å². The number of thiophene rings is 1. The van der Waals surface area contributed by atoms with Crippen molar-refractivity contribution in [2.45, 2.75) is 11.1 Å². The van der Waals surface area contributed by atoms with Gasteiger partial charge in [0.25, 0.3) is 10.0 Å². The molecule has 10 heteroatoms. The fraction of sp³-hybridized carbons (Fsp3) is 0.0556. The van der Waals surface area contributed by atoms with Crippen LogP contribution in [0.15, 0.2) is 57.2 Å². The molecule has 0 fully saturated rings. The molecule has 2 aromatic heterocycles.